The number of piperidine rings is 1. The SMILES string of the molecule is Cc1occc1CN1CC[C@@]2(C)c3cc(O)ccc3C[C@H]1[C@H]2C. The Morgan fingerprint density at radius 3 is 2.91 bits per heavy atom. The number of aryl methyl sites for hydroxylation is 1. The number of hydrogen-bond acceptors (Lipinski definition) is 3. The van der Waals surface area contributed by atoms with E-state index in [1.165, 1.54) is 16.7 Å². The summed E-state index contributed by atoms with van der Waals surface area (Å²) in [7, 11) is 0. The lowest BCUT2D eigenvalue weighted by molar-refractivity contribution is 0.0255. The van der Waals surface area contributed by atoms with Crippen molar-refractivity contribution in [3.63, 3.8) is 0 Å². The van der Waals surface area contributed by atoms with Gasteiger partial charge in [-0.2, -0.15) is 0 Å². The van der Waals surface area contributed by atoms with Gasteiger partial charge in [-0.1, -0.05) is 19.9 Å². The molecule has 1 fully saturated rings. The maximum absolute atomic E-state index is 9.92. The van der Waals surface area contributed by atoms with Crippen molar-refractivity contribution in [2.45, 2.75) is 51.6 Å². The Balaban J connectivity index is 1.68. The lowest BCUT2D eigenvalue weighted by atomic mass is 9.59. The standard InChI is InChI=1S/C20H25NO2/c1-13-19-10-15-4-5-17(22)11-18(15)20(13,3)7-8-21(19)12-16-6-9-23-14(16)2/h4-6,9,11,13,19,22H,7-8,10,12H2,1-3H3/t13-,19+,20-/m1/s1. The second-order valence-corrected chi connectivity index (χ2v) is 7.54. The minimum Gasteiger partial charge on any atom is -0.508 e. The molecule has 23 heavy (non-hydrogen) atoms. The lowest BCUT2D eigenvalue weighted by Gasteiger charge is -2.54. The minimum atomic E-state index is 0.166. The largest absolute Gasteiger partial charge is 0.508 e. The van der Waals surface area contributed by atoms with Crippen molar-refractivity contribution < 1.29 is 9.52 Å². The van der Waals surface area contributed by atoms with Gasteiger partial charge in [0.1, 0.15) is 11.5 Å². The lowest BCUT2D eigenvalue weighted by Crippen LogP contribution is -2.57. The van der Waals surface area contributed by atoms with Crippen LogP contribution in [0.5, 0.6) is 5.75 Å². The fourth-order valence-electron chi connectivity index (χ4n) is 4.69. The number of fused-ring (bicyclic) bond motifs is 4. The van der Waals surface area contributed by atoms with E-state index in [0.29, 0.717) is 17.7 Å². The molecular formula is C20H25NO2. The van der Waals surface area contributed by atoms with E-state index in [9.17, 15) is 5.11 Å². The smallest absolute Gasteiger partial charge is 0.115 e. The Labute approximate surface area is 137 Å². The molecule has 1 aliphatic heterocycles. The molecule has 1 N–H and O–H groups in total. The third kappa shape index (κ3) is 2.21. The number of nitrogens with zero attached hydrogens (tertiary/aromatic N) is 1. The molecule has 2 heterocycles. The highest BCUT2D eigenvalue weighted by Crippen LogP contribution is 2.49. The molecule has 2 bridgehead atoms. The first-order valence-corrected chi connectivity index (χ1v) is 8.58. The third-order valence-corrected chi connectivity index (χ3v) is 6.45. The average molecular weight is 311 g/mol. The first-order valence-electron chi connectivity index (χ1n) is 8.58. The first-order chi connectivity index (χ1) is 11.0. The Hall–Kier alpha value is -1.74. The summed E-state index contributed by atoms with van der Waals surface area (Å²) in [6.07, 6.45) is 4.00. The predicted molar refractivity (Wildman–Crippen MR) is 90.6 cm³/mol. The van der Waals surface area contributed by atoms with Crippen LogP contribution in [0.1, 0.15) is 42.7 Å². The van der Waals surface area contributed by atoms with Crippen molar-refractivity contribution >= 4 is 0 Å². The number of phenolic OH excluding ortho intramolecular Hbond substituents is 1. The summed E-state index contributed by atoms with van der Waals surface area (Å²) in [5.74, 6) is 2.01. The molecule has 122 valence electrons. The van der Waals surface area contributed by atoms with Gasteiger partial charge in [-0.05, 0) is 67.0 Å². The average Bonchev–Trinajstić information content (AvgIpc) is 2.92. The maximum atomic E-state index is 9.92. The number of hydrogen-bond donors (Lipinski definition) is 1. The molecule has 1 aromatic carbocycles. The van der Waals surface area contributed by atoms with Gasteiger partial charge in [-0.25, -0.2) is 0 Å². The van der Waals surface area contributed by atoms with Crippen LogP contribution in [0.3, 0.4) is 0 Å². The molecule has 2 aliphatic rings. The normalized spacial score (nSPS) is 30.2. The van der Waals surface area contributed by atoms with Crippen LogP contribution in [-0.4, -0.2) is 22.6 Å². The van der Waals surface area contributed by atoms with E-state index in [-0.39, 0.29) is 5.41 Å². The summed E-state index contributed by atoms with van der Waals surface area (Å²) in [5.41, 5.74) is 4.23. The second kappa shape index (κ2) is 5.13. The van der Waals surface area contributed by atoms with Gasteiger partial charge < -0.3 is 9.52 Å². The van der Waals surface area contributed by atoms with Crippen LogP contribution in [0.2, 0.25) is 0 Å². The van der Waals surface area contributed by atoms with Gasteiger partial charge >= 0.3 is 0 Å². The molecule has 4 rings (SSSR count). The van der Waals surface area contributed by atoms with Crippen molar-refractivity contribution in [1.82, 2.24) is 4.90 Å². The summed E-state index contributed by atoms with van der Waals surface area (Å²) < 4.78 is 5.47. The molecule has 0 saturated carbocycles. The van der Waals surface area contributed by atoms with Crippen LogP contribution < -0.4 is 0 Å². The Bertz CT molecular complexity index is 735. The van der Waals surface area contributed by atoms with Crippen LogP contribution >= 0.6 is 0 Å². The summed E-state index contributed by atoms with van der Waals surface area (Å²) >= 11 is 0. The molecule has 0 unspecified atom stereocenters. The number of phenols is 1. The fraction of sp³-hybridized carbons (Fsp3) is 0.500. The molecule has 0 spiro atoms. The van der Waals surface area contributed by atoms with E-state index in [4.69, 9.17) is 4.42 Å². The summed E-state index contributed by atoms with van der Waals surface area (Å²) in [5, 5.41) is 9.92. The van der Waals surface area contributed by atoms with Gasteiger partial charge in [0.2, 0.25) is 0 Å². The number of benzene rings is 1. The van der Waals surface area contributed by atoms with Gasteiger partial charge in [0.05, 0.1) is 6.26 Å². The van der Waals surface area contributed by atoms with E-state index in [1.807, 2.05) is 19.1 Å². The molecule has 3 nitrogen and oxygen atoms in total. The first kappa shape index (κ1) is 14.8. The highest BCUT2D eigenvalue weighted by molar-refractivity contribution is 5.44. The van der Waals surface area contributed by atoms with Gasteiger partial charge in [0, 0.05) is 18.2 Å². The predicted octanol–water partition coefficient (Wildman–Crippen LogP) is 4.02. The zero-order valence-corrected chi connectivity index (χ0v) is 14.2. The van der Waals surface area contributed by atoms with Crippen LogP contribution in [0.15, 0.2) is 34.9 Å². The molecule has 2 aromatic rings. The number of aromatic hydroxyl groups is 1. The van der Waals surface area contributed by atoms with Crippen LogP contribution in [0.4, 0.5) is 0 Å². The molecule has 1 aliphatic carbocycles. The van der Waals surface area contributed by atoms with Gasteiger partial charge in [0.15, 0.2) is 0 Å². The third-order valence-electron chi connectivity index (χ3n) is 6.45. The van der Waals surface area contributed by atoms with E-state index in [2.05, 4.69) is 30.9 Å². The monoisotopic (exact) mass is 311 g/mol. The Morgan fingerprint density at radius 2 is 2.17 bits per heavy atom. The van der Waals surface area contributed by atoms with Gasteiger partial charge in [0.25, 0.3) is 0 Å². The molecule has 0 radical (unpaired) electrons. The highest BCUT2D eigenvalue weighted by atomic mass is 16.3. The summed E-state index contributed by atoms with van der Waals surface area (Å²) in [4.78, 5) is 2.63. The molecule has 1 saturated heterocycles. The molecule has 3 heteroatoms. The van der Waals surface area contributed by atoms with E-state index >= 15 is 0 Å². The molecular weight excluding hydrogens is 286 g/mol. The van der Waals surface area contributed by atoms with E-state index in [0.717, 1.165) is 31.7 Å². The number of furan rings is 1. The van der Waals surface area contributed by atoms with Crippen LogP contribution in [-0.2, 0) is 18.4 Å². The Kier molecular flexibility index (Phi) is 3.31. The molecule has 1 aromatic heterocycles. The second-order valence-electron chi connectivity index (χ2n) is 7.54. The van der Waals surface area contributed by atoms with Gasteiger partial charge in [-0.3, -0.25) is 4.90 Å². The van der Waals surface area contributed by atoms with Crippen LogP contribution in [0.25, 0.3) is 0 Å². The maximum Gasteiger partial charge on any atom is 0.115 e. The zero-order chi connectivity index (χ0) is 16.2. The minimum absolute atomic E-state index is 0.166. The fourth-order valence-corrected chi connectivity index (χ4v) is 4.69. The van der Waals surface area contributed by atoms with E-state index in [1.54, 1.807) is 6.26 Å². The molecule has 0 amide bonds. The van der Waals surface area contributed by atoms with Gasteiger partial charge in [-0.15, -0.1) is 0 Å². The van der Waals surface area contributed by atoms with Crippen molar-refractivity contribution in [3.05, 3.63) is 53.0 Å². The quantitative estimate of drug-likeness (QED) is 0.910. The molecule has 3 atom stereocenters. The van der Waals surface area contributed by atoms with Crippen molar-refractivity contribution in [3.8, 4) is 5.75 Å². The van der Waals surface area contributed by atoms with Crippen molar-refractivity contribution in [2.24, 2.45) is 5.92 Å². The highest BCUT2D eigenvalue weighted by Gasteiger charge is 2.48. The van der Waals surface area contributed by atoms with Crippen molar-refractivity contribution in [2.75, 3.05) is 6.54 Å². The summed E-state index contributed by atoms with van der Waals surface area (Å²) in [6, 6.07) is 8.60. The van der Waals surface area contributed by atoms with E-state index < -0.39 is 0 Å². The Morgan fingerprint density at radius 1 is 1.35 bits per heavy atom. The van der Waals surface area contributed by atoms with Crippen molar-refractivity contribution in [1.29, 1.82) is 0 Å². The topological polar surface area (TPSA) is 36.6 Å². The number of rotatable bonds is 2. The number of likely N-dealkylation sites (tertiary alicyclic amines) is 1. The van der Waals surface area contributed by atoms with Crippen LogP contribution in [0, 0.1) is 12.8 Å². The zero-order valence-electron chi connectivity index (χ0n) is 14.2. The summed E-state index contributed by atoms with van der Waals surface area (Å²) in [6.45, 7) is 8.88.